The lowest BCUT2D eigenvalue weighted by atomic mass is 10.0. The highest BCUT2D eigenvalue weighted by Crippen LogP contribution is 2.34. The maximum absolute atomic E-state index is 15.1. The fraction of sp³-hybridized carbons (Fsp3) is 0.435. The zero-order chi connectivity index (χ0) is 21.3. The molecule has 3 heterocycles. The minimum Gasteiger partial charge on any atom is -0.354 e. The van der Waals surface area contributed by atoms with Gasteiger partial charge < -0.3 is 14.9 Å². The highest BCUT2D eigenvalue weighted by atomic mass is 19.1. The fourth-order valence-corrected chi connectivity index (χ4v) is 4.34. The topological polar surface area (TPSA) is 71.4 Å². The molecule has 0 aliphatic rings. The lowest BCUT2D eigenvalue weighted by Crippen LogP contribution is -2.10. The molecule has 0 unspecified atom stereocenters. The molecule has 0 saturated heterocycles. The van der Waals surface area contributed by atoms with Crippen LogP contribution in [0.3, 0.4) is 0 Å². The molecule has 4 rings (SSSR count). The first-order chi connectivity index (χ1) is 14.6. The molecule has 158 valence electrons. The first-order valence-corrected chi connectivity index (χ1v) is 10.8. The van der Waals surface area contributed by atoms with E-state index in [1.165, 1.54) is 0 Å². The Hall–Kier alpha value is -2.96. The summed E-state index contributed by atoms with van der Waals surface area (Å²) in [5.41, 5.74) is 3.73. The van der Waals surface area contributed by atoms with Crippen molar-refractivity contribution in [2.75, 3.05) is 11.9 Å². The van der Waals surface area contributed by atoms with Gasteiger partial charge in [-0.3, -0.25) is 0 Å². The van der Waals surface area contributed by atoms with Crippen LogP contribution >= 0.6 is 0 Å². The van der Waals surface area contributed by atoms with Crippen molar-refractivity contribution in [1.29, 1.82) is 0 Å². The van der Waals surface area contributed by atoms with Crippen molar-refractivity contribution in [3.63, 3.8) is 0 Å². The van der Waals surface area contributed by atoms with E-state index in [-0.39, 0.29) is 5.82 Å². The third-order valence-corrected chi connectivity index (χ3v) is 5.61. The average Bonchev–Trinajstić information content (AvgIpc) is 3.28. The second-order valence-corrected chi connectivity index (χ2v) is 7.77. The van der Waals surface area contributed by atoms with Crippen molar-refractivity contribution in [3.05, 3.63) is 36.2 Å². The average molecular weight is 409 g/mol. The van der Waals surface area contributed by atoms with Crippen molar-refractivity contribution in [1.82, 2.24) is 24.5 Å². The van der Waals surface area contributed by atoms with Gasteiger partial charge in [-0.15, -0.1) is 0 Å². The number of H-pyrrole nitrogens is 1. The van der Waals surface area contributed by atoms with Gasteiger partial charge in [-0.1, -0.05) is 26.7 Å². The molecule has 2 N–H and O–H groups in total. The van der Waals surface area contributed by atoms with Crippen LogP contribution in [0.5, 0.6) is 0 Å². The SMILES string of the molecule is CCCC(CCC)n1c(C)nc2c(F)cc(-c3c[nH]c4nc(NCC)ncc34)cc21. The highest BCUT2D eigenvalue weighted by molar-refractivity contribution is 5.96. The summed E-state index contributed by atoms with van der Waals surface area (Å²) in [7, 11) is 0. The summed E-state index contributed by atoms with van der Waals surface area (Å²) in [6, 6.07) is 3.94. The number of hydrogen-bond donors (Lipinski definition) is 2. The summed E-state index contributed by atoms with van der Waals surface area (Å²) in [6.45, 7) is 9.11. The van der Waals surface area contributed by atoms with Gasteiger partial charge in [0, 0.05) is 35.9 Å². The van der Waals surface area contributed by atoms with Gasteiger partial charge in [0.15, 0.2) is 5.82 Å². The van der Waals surface area contributed by atoms with E-state index >= 15 is 4.39 Å². The van der Waals surface area contributed by atoms with Crippen LogP contribution in [0.1, 0.15) is 58.3 Å². The zero-order valence-electron chi connectivity index (χ0n) is 18.1. The molecule has 0 spiro atoms. The predicted octanol–water partition coefficient (Wildman–Crippen LogP) is 6.00. The quantitative estimate of drug-likeness (QED) is 0.375. The summed E-state index contributed by atoms with van der Waals surface area (Å²) >= 11 is 0. The van der Waals surface area contributed by atoms with Gasteiger partial charge in [-0.05, 0) is 44.4 Å². The normalized spacial score (nSPS) is 11.8. The number of halogens is 1. The molecule has 30 heavy (non-hydrogen) atoms. The molecule has 0 radical (unpaired) electrons. The predicted molar refractivity (Wildman–Crippen MR) is 120 cm³/mol. The summed E-state index contributed by atoms with van der Waals surface area (Å²) in [6.07, 6.45) is 7.94. The van der Waals surface area contributed by atoms with Crippen LogP contribution in [-0.2, 0) is 0 Å². The van der Waals surface area contributed by atoms with Crippen LogP contribution < -0.4 is 5.32 Å². The maximum atomic E-state index is 15.1. The number of aromatic nitrogens is 5. The Morgan fingerprint density at radius 1 is 1.13 bits per heavy atom. The number of hydrogen-bond acceptors (Lipinski definition) is 4. The van der Waals surface area contributed by atoms with Crippen LogP contribution in [0.4, 0.5) is 10.3 Å². The Labute approximate surface area is 176 Å². The number of aryl methyl sites for hydroxylation is 1. The van der Waals surface area contributed by atoms with E-state index in [2.05, 4.69) is 49.7 Å². The van der Waals surface area contributed by atoms with E-state index in [9.17, 15) is 0 Å². The number of imidazole rings is 1. The molecule has 0 saturated carbocycles. The van der Waals surface area contributed by atoms with Gasteiger partial charge in [0.05, 0.1) is 5.52 Å². The van der Waals surface area contributed by atoms with E-state index in [1.807, 2.05) is 20.0 Å². The Bertz CT molecular complexity index is 1170. The molecule has 0 bridgehead atoms. The third kappa shape index (κ3) is 3.53. The van der Waals surface area contributed by atoms with Gasteiger partial charge in [-0.25, -0.2) is 14.4 Å². The highest BCUT2D eigenvalue weighted by Gasteiger charge is 2.20. The lowest BCUT2D eigenvalue weighted by Gasteiger charge is -2.20. The molecule has 0 atom stereocenters. The van der Waals surface area contributed by atoms with Crippen LogP contribution in [-0.4, -0.2) is 31.0 Å². The number of fused-ring (bicyclic) bond motifs is 2. The Morgan fingerprint density at radius 2 is 1.90 bits per heavy atom. The number of nitrogens with zero attached hydrogens (tertiary/aromatic N) is 4. The first kappa shape index (κ1) is 20.3. The number of rotatable bonds is 8. The van der Waals surface area contributed by atoms with Gasteiger partial charge in [0.25, 0.3) is 0 Å². The molecule has 4 aromatic rings. The number of benzene rings is 1. The maximum Gasteiger partial charge on any atom is 0.224 e. The fourth-order valence-electron chi connectivity index (χ4n) is 4.34. The first-order valence-electron chi connectivity index (χ1n) is 10.8. The minimum absolute atomic E-state index is 0.296. The molecule has 6 nitrogen and oxygen atoms in total. The molecular weight excluding hydrogens is 379 g/mol. The number of nitrogens with one attached hydrogen (secondary N) is 2. The summed E-state index contributed by atoms with van der Waals surface area (Å²) in [5, 5.41) is 3.99. The second-order valence-electron chi connectivity index (χ2n) is 7.77. The zero-order valence-corrected chi connectivity index (χ0v) is 18.1. The second kappa shape index (κ2) is 8.42. The summed E-state index contributed by atoms with van der Waals surface area (Å²) in [5.74, 6) is 1.15. The lowest BCUT2D eigenvalue weighted by molar-refractivity contribution is 0.428. The molecule has 0 aliphatic carbocycles. The smallest absolute Gasteiger partial charge is 0.224 e. The summed E-state index contributed by atoms with van der Waals surface area (Å²) < 4.78 is 17.3. The molecule has 3 aromatic heterocycles. The van der Waals surface area contributed by atoms with Crippen molar-refractivity contribution >= 4 is 28.0 Å². The van der Waals surface area contributed by atoms with Crippen LogP contribution in [0.25, 0.3) is 33.2 Å². The largest absolute Gasteiger partial charge is 0.354 e. The van der Waals surface area contributed by atoms with Crippen LogP contribution in [0.2, 0.25) is 0 Å². The molecule has 1 aromatic carbocycles. The Balaban J connectivity index is 1.86. The summed E-state index contributed by atoms with van der Waals surface area (Å²) in [4.78, 5) is 16.7. The van der Waals surface area contributed by atoms with Crippen LogP contribution in [0.15, 0.2) is 24.5 Å². The van der Waals surface area contributed by atoms with Gasteiger partial charge >= 0.3 is 0 Å². The molecule has 7 heteroatoms. The number of anilines is 1. The minimum atomic E-state index is -0.296. The Kier molecular flexibility index (Phi) is 5.70. The van der Waals surface area contributed by atoms with E-state index < -0.39 is 0 Å². The van der Waals surface area contributed by atoms with Crippen molar-refractivity contribution in [3.8, 4) is 11.1 Å². The van der Waals surface area contributed by atoms with Crippen molar-refractivity contribution in [2.45, 2.75) is 59.4 Å². The molecule has 0 aliphatic heterocycles. The van der Waals surface area contributed by atoms with E-state index in [0.29, 0.717) is 17.5 Å². The Morgan fingerprint density at radius 3 is 2.60 bits per heavy atom. The van der Waals surface area contributed by atoms with Crippen molar-refractivity contribution in [2.24, 2.45) is 0 Å². The van der Waals surface area contributed by atoms with E-state index in [0.717, 1.165) is 65.7 Å². The standard InChI is InChI=1S/C23H29FN6/c1-5-8-16(9-6-2)30-14(4)28-21-19(24)10-15(11-20(21)30)17-12-26-22-18(17)13-27-23(29-22)25-7-3/h10-13,16H,5-9H2,1-4H3,(H2,25,26,27,29). The van der Waals surface area contributed by atoms with Gasteiger partial charge in [0.1, 0.15) is 17.0 Å². The monoisotopic (exact) mass is 408 g/mol. The molecule has 0 fully saturated rings. The van der Waals surface area contributed by atoms with Crippen LogP contribution in [0, 0.1) is 12.7 Å². The third-order valence-electron chi connectivity index (χ3n) is 5.61. The molecular formula is C23H29FN6. The van der Waals surface area contributed by atoms with Crippen molar-refractivity contribution < 1.29 is 4.39 Å². The van der Waals surface area contributed by atoms with E-state index in [4.69, 9.17) is 0 Å². The molecule has 0 amide bonds. The van der Waals surface area contributed by atoms with E-state index in [1.54, 1.807) is 12.3 Å². The number of aromatic amines is 1. The van der Waals surface area contributed by atoms with Gasteiger partial charge in [0.2, 0.25) is 5.95 Å². The van der Waals surface area contributed by atoms with Gasteiger partial charge in [-0.2, -0.15) is 4.98 Å².